The van der Waals surface area contributed by atoms with Crippen molar-refractivity contribution in [1.29, 1.82) is 0 Å². The molecular formula is C17H20BrNO. The molecule has 1 atom stereocenters. The maximum Gasteiger partial charge on any atom is 0.0812 e. The maximum absolute atomic E-state index is 10.4. The second-order valence-electron chi connectivity index (χ2n) is 6.56. The molecule has 3 heteroatoms. The van der Waals surface area contributed by atoms with Crippen molar-refractivity contribution < 1.29 is 5.11 Å². The molecule has 1 unspecified atom stereocenters. The highest BCUT2D eigenvalue weighted by Crippen LogP contribution is 2.42. The fourth-order valence-corrected chi connectivity index (χ4v) is 3.56. The molecule has 0 spiro atoms. The minimum Gasteiger partial charge on any atom is -0.388 e. The maximum atomic E-state index is 10.4. The van der Waals surface area contributed by atoms with E-state index in [1.807, 2.05) is 0 Å². The Bertz CT molecular complexity index is 640. The Morgan fingerprint density at radius 1 is 1.25 bits per heavy atom. The largest absolute Gasteiger partial charge is 0.388 e. The van der Waals surface area contributed by atoms with E-state index in [2.05, 4.69) is 71.6 Å². The van der Waals surface area contributed by atoms with E-state index in [9.17, 15) is 5.11 Å². The lowest BCUT2D eigenvalue weighted by Crippen LogP contribution is -2.26. The van der Waals surface area contributed by atoms with Crippen LogP contribution in [0.25, 0.3) is 5.69 Å². The number of hydrogen-bond acceptors (Lipinski definition) is 1. The highest BCUT2D eigenvalue weighted by molar-refractivity contribution is 9.10. The Hall–Kier alpha value is -1.06. The molecule has 0 fully saturated rings. The number of rotatable bonds is 1. The standard InChI is InChI=1S/C17H20BrNO/c1-11-8-14-15(9-17(2,3)10-16(14)20)19(11)13-6-4-12(18)5-7-13/h4-8,16,20H,9-10H2,1-3H3. The van der Waals surface area contributed by atoms with E-state index < -0.39 is 0 Å². The van der Waals surface area contributed by atoms with Gasteiger partial charge in [0.15, 0.2) is 0 Å². The Morgan fingerprint density at radius 3 is 2.55 bits per heavy atom. The minimum atomic E-state index is -0.343. The zero-order valence-electron chi connectivity index (χ0n) is 12.2. The van der Waals surface area contributed by atoms with Crippen molar-refractivity contribution in [2.75, 3.05) is 0 Å². The molecule has 1 aromatic heterocycles. The number of aromatic nitrogens is 1. The number of hydrogen-bond donors (Lipinski definition) is 1. The topological polar surface area (TPSA) is 25.2 Å². The monoisotopic (exact) mass is 333 g/mol. The van der Waals surface area contributed by atoms with E-state index in [1.165, 1.54) is 11.4 Å². The summed E-state index contributed by atoms with van der Waals surface area (Å²) in [7, 11) is 0. The third-order valence-electron chi connectivity index (χ3n) is 4.16. The third kappa shape index (κ3) is 2.33. The molecule has 0 saturated heterocycles. The van der Waals surface area contributed by atoms with Gasteiger partial charge in [-0.05, 0) is 55.5 Å². The van der Waals surface area contributed by atoms with E-state index in [0.29, 0.717) is 0 Å². The Kier molecular flexibility index (Phi) is 3.30. The Balaban J connectivity index is 2.16. The van der Waals surface area contributed by atoms with Crippen LogP contribution in [0.3, 0.4) is 0 Å². The molecule has 106 valence electrons. The normalized spacial score (nSPS) is 20.8. The second kappa shape index (κ2) is 4.74. The van der Waals surface area contributed by atoms with Gasteiger partial charge in [-0.3, -0.25) is 0 Å². The van der Waals surface area contributed by atoms with Gasteiger partial charge in [0.25, 0.3) is 0 Å². The van der Waals surface area contributed by atoms with Crippen molar-refractivity contribution in [3.05, 3.63) is 51.8 Å². The number of fused-ring (bicyclic) bond motifs is 1. The summed E-state index contributed by atoms with van der Waals surface area (Å²) in [6.07, 6.45) is 1.50. The van der Waals surface area contributed by atoms with Crippen LogP contribution in [0.15, 0.2) is 34.8 Å². The zero-order chi connectivity index (χ0) is 14.5. The quantitative estimate of drug-likeness (QED) is 0.813. The highest BCUT2D eigenvalue weighted by atomic mass is 79.9. The first kappa shape index (κ1) is 13.9. The summed E-state index contributed by atoms with van der Waals surface area (Å²) in [6, 6.07) is 10.5. The molecule has 1 aliphatic rings. The van der Waals surface area contributed by atoms with Crippen LogP contribution in [0, 0.1) is 12.3 Å². The number of nitrogens with zero attached hydrogens (tertiary/aromatic N) is 1. The van der Waals surface area contributed by atoms with Gasteiger partial charge in [0, 0.05) is 27.1 Å². The molecule has 0 amide bonds. The molecule has 1 N–H and O–H groups in total. The first-order chi connectivity index (χ1) is 9.37. The fraction of sp³-hybridized carbons (Fsp3) is 0.412. The summed E-state index contributed by atoms with van der Waals surface area (Å²) < 4.78 is 3.37. The smallest absolute Gasteiger partial charge is 0.0812 e. The van der Waals surface area contributed by atoms with Gasteiger partial charge in [0.05, 0.1) is 6.10 Å². The van der Waals surface area contributed by atoms with E-state index in [1.54, 1.807) is 0 Å². The van der Waals surface area contributed by atoms with Gasteiger partial charge in [-0.15, -0.1) is 0 Å². The average Bonchev–Trinajstić information content (AvgIpc) is 2.66. The molecule has 20 heavy (non-hydrogen) atoms. The van der Waals surface area contributed by atoms with Crippen LogP contribution in [-0.2, 0) is 6.42 Å². The van der Waals surface area contributed by atoms with E-state index >= 15 is 0 Å². The molecule has 3 rings (SSSR count). The van der Waals surface area contributed by atoms with Crippen molar-refractivity contribution >= 4 is 15.9 Å². The van der Waals surface area contributed by atoms with Gasteiger partial charge in [0.1, 0.15) is 0 Å². The second-order valence-corrected chi connectivity index (χ2v) is 7.48. The van der Waals surface area contributed by atoms with Crippen LogP contribution < -0.4 is 0 Å². The van der Waals surface area contributed by atoms with Crippen molar-refractivity contribution in [3.63, 3.8) is 0 Å². The predicted octanol–water partition coefficient (Wildman–Crippen LogP) is 4.55. The number of aliphatic hydroxyl groups is 1. The van der Waals surface area contributed by atoms with Crippen LogP contribution in [0.2, 0.25) is 0 Å². The lowest BCUT2D eigenvalue weighted by atomic mass is 9.75. The first-order valence-electron chi connectivity index (χ1n) is 7.02. The molecule has 2 nitrogen and oxygen atoms in total. The summed E-state index contributed by atoms with van der Waals surface area (Å²) in [5.74, 6) is 0. The number of halogens is 1. The third-order valence-corrected chi connectivity index (χ3v) is 4.68. The van der Waals surface area contributed by atoms with Crippen molar-refractivity contribution in [2.24, 2.45) is 5.41 Å². The van der Waals surface area contributed by atoms with Crippen molar-refractivity contribution in [2.45, 2.75) is 39.7 Å². The van der Waals surface area contributed by atoms with Crippen LogP contribution in [0.4, 0.5) is 0 Å². The lowest BCUT2D eigenvalue weighted by Gasteiger charge is -2.34. The van der Waals surface area contributed by atoms with E-state index in [0.717, 1.165) is 28.6 Å². The van der Waals surface area contributed by atoms with Crippen LogP contribution in [-0.4, -0.2) is 9.67 Å². The van der Waals surface area contributed by atoms with Gasteiger partial charge in [0.2, 0.25) is 0 Å². The van der Waals surface area contributed by atoms with E-state index in [4.69, 9.17) is 0 Å². The average molecular weight is 334 g/mol. The lowest BCUT2D eigenvalue weighted by molar-refractivity contribution is 0.0987. The summed E-state index contributed by atoms with van der Waals surface area (Å²) >= 11 is 3.48. The van der Waals surface area contributed by atoms with Gasteiger partial charge in [-0.25, -0.2) is 0 Å². The van der Waals surface area contributed by atoms with Crippen molar-refractivity contribution in [1.82, 2.24) is 4.57 Å². The molecular weight excluding hydrogens is 314 g/mol. The molecule has 0 radical (unpaired) electrons. The number of aliphatic hydroxyl groups excluding tert-OH is 1. The number of aryl methyl sites for hydroxylation is 1. The number of benzene rings is 1. The molecule has 0 aliphatic heterocycles. The molecule has 1 heterocycles. The highest BCUT2D eigenvalue weighted by Gasteiger charge is 2.34. The van der Waals surface area contributed by atoms with Crippen molar-refractivity contribution in [3.8, 4) is 5.69 Å². The molecule has 2 aromatic rings. The zero-order valence-corrected chi connectivity index (χ0v) is 13.7. The SMILES string of the molecule is Cc1cc2c(n1-c1ccc(Br)cc1)CC(C)(C)CC2O. The van der Waals surface area contributed by atoms with Crippen LogP contribution in [0.5, 0.6) is 0 Å². The molecule has 1 aromatic carbocycles. The summed E-state index contributed by atoms with van der Waals surface area (Å²) in [5, 5.41) is 10.4. The Morgan fingerprint density at radius 2 is 1.90 bits per heavy atom. The molecule has 0 saturated carbocycles. The van der Waals surface area contributed by atoms with Gasteiger partial charge < -0.3 is 9.67 Å². The minimum absolute atomic E-state index is 0.143. The van der Waals surface area contributed by atoms with Gasteiger partial charge in [-0.2, -0.15) is 0 Å². The predicted molar refractivity (Wildman–Crippen MR) is 85.3 cm³/mol. The van der Waals surface area contributed by atoms with Gasteiger partial charge in [-0.1, -0.05) is 29.8 Å². The Labute approximate surface area is 128 Å². The summed E-state index contributed by atoms with van der Waals surface area (Å²) in [6.45, 7) is 6.57. The summed E-state index contributed by atoms with van der Waals surface area (Å²) in [5.41, 5.74) is 4.86. The first-order valence-corrected chi connectivity index (χ1v) is 7.82. The molecule has 1 aliphatic carbocycles. The fourth-order valence-electron chi connectivity index (χ4n) is 3.29. The summed E-state index contributed by atoms with van der Waals surface area (Å²) in [4.78, 5) is 0. The van der Waals surface area contributed by atoms with Crippen LogP contribution >= 0.6 is 15.9 Å². The van der Waals surface area contributed by atoms with E-state index in [-0.39, 0.29) is 11.5 Å². The molecule has 0 bridgehead atoms. The van der Waals surface area contributed by atoms with Gasteiger partial charge >= 0.3 is 0 Å². The van der Waals surface area contributed by atoms with Crippen LogP contribution in [0.1, 0.15) is 43.3 Å².